The molecule has 1 fully saturated rings. The van der Waals surface area contributed by atoms with Crippen molar-refractivity contribution in [1.82, 2.24) is 10.6 Å². The lowest BCUT2D eigenvalue weighted by atomic mass is 9.81. The monoisotopic (exact) mass is 284 g/mol. The summed E-state index contributed by atoms with van der Waals surface area (Å²) < 4.78 is 4.96. The Balaban J connectivity index is 2.06. The summed E-state index contributed by atoms with van der Waals surface area (Å²) in [6.45, 7) is 6.63. The largest absolute Gasteiger partial charge is 0.385 e. The van der Waals surface area contributed by atoms with Crippen LogP contribution >= 0.6 is 0 Å². The van der Waals surface area contributed by atoms with Gasteiger partial charge in [0.25, 0.3) is 0 Å². The number of hydrogen-bond donors (Lipinski definition) is 2. The summed E-state index contributed by atoms with van der Waals surface area (Å²) in [6.07, 6.45) is 7.56. The van der Waals surface area contributed by atoms with Gasteiger partial charge in [-0.15, -0.1) is 0 Å². The molecule has 0 spiro atoms. The van der Waals surface area contributed by atoms with E-state index in [0.717, 1.165) is 24.8 Å². The summed E-state index contributed by atoms with van der Waals surface area (Å²) in [4.78, 5) is 11.8. The fourth-order valence-corrected chi connectivity index (χ4v) is 3.00. The van der Waals surface area contributed by atoms with Gasteiger partial charge in [0, 0.05) is 20.3 Å². The maximum atomic E-state index is 11.8. The second-order valence-corrected chi connectivity index (χ2v) is 6.24. The van der Waals surface area contributed by atoms with Crippen molar-refractivity contribution >= 4 is 5.91 Å². The molecule has 3 unspecified atom stereocenters. The van der Waals surface area contributed by atoms with Gasteiger partial charge in [-0.25, -0.2) is 0 Å². The second kappa shape index (κ2) is 10.2. The van der Waals surface area contributed by atoms with Gasteiger partial charge >= 0.3 is 0 Å². The highest BCUT2D eigenvalue weighted by Crippen LogP contribution is 2.30. The van der Waals surface area contributed by atoms with Crippen molar-refractivity contribution in [3.63, 3.8) is 0 Å². The molecule has 1 aliphatic carbocycles. The van der Waals surface area contributed by atoms with Crippen LogP contribution in [-0.2, 0) is 9.53 Å². The highest BCUT2D eigenvalue weighted by molar-refractivity contribution is 5.81. The number of carbonyl (C=O) groups excluding carboxylic acids is 1. The molecule has 1 saturated carbocycles. The van der Waals surface area contributed by atoms with Gasteiger partial charge < -0.3 is 15.4 Å². The maximum absolute atomic E-state index is 11.8. The first-order valence-electron chi connectivity index (χ1n) is 8.13. The van der Waals surface area contributed by atoms with Gasteiger partial charge in [0.2, 0.25) is 5.91 Å². The van der Waals surface area contributed by atoms with E-state index < -0.39 is 0 Å². The number of rotatable bonds is 9. The standard InChI is InChI=1S/C16H32N2O2/c1-13-6-4-7-15(12-13)8-10-17-14(2)16(19)18-9-5-11-20-3/h13-15,17H,4-12H2,1-3H3,(H,18,19). The fraction of sp³-hybridized carbons (Fsp3) is 0.938. The summed E-state index contributed by atoms with van der Waals surface area (Å²) in [5.74, 6) is 1.83. The predicted octanol–water partition coefficient (Wildman–Crippen LogP) is 2.33. The Hall–Kier alpha value is -0.610. The average molecular weight is 284 g/mol. The Morgan fingerprint density at radius 1 is 1.35 bits per heavy atom. The molecule has 0 aromatic heterocycles. The zero-order valence-electron chi connectivity index (χ0n) is 13.4. The van der Waals surface area contributed by atoms with Crippen molar-refractivity contribution in [3.8, 4) is 0 Å². The first-order chi connectivity index (χ1) is 9.63. The van der Waals surface area contributed by atoms with Crippen molar-refractivity contribution < 1.29 is 9.53 Å². The highest BCUT2D eigenvalue weighted by atomic mass is 16.5. The first kappa shape index (κ1) is 17.4. The lowest BCUT2D eigenvalue weighted by Gasteiger charge is -2.27. The summed E-state index contributed by atoms with van der Waals surface area (Å²) >= 11 is 0. The van der Waals surface area contributed by atoms with Crippen LogP contribution in [-0.4, -0.2) is 38.8 Å². The van der Waals surface area contributed by atoms with Gasteiger partial charge in [-0.2, -0.15) is 0 Å². The second-order valence-electron chi connectivity index (χ2n) is 6.24. The molecule has 0 aromatic rings. The molecule has 0 bridgehead atoms. The van der Waals surface area contributed by atoms with E-state index in [-0.39, 0.29) is 11.9 Å². The molecule has 0 saturated heterocycles. The van der Waals surface area contributed by atoms with Crippen LogP contribution in [0.2, 0.25) is 0 Å². The van der Waals surface area contributed by atoms with Crippen LogP contribution in [0.1, 0.15) is 52.4 Å². The molecule has 1 aliphatic rings. The van der Waals surface area contributed by atoms with Crippen LogP contribution in [0.5, 0.6) is 0 Å². The molecule has 4 nitrogen and oxygen atoms in total. The average Bonchev–Trinajstić information content (AvgIpc) is 2.43. The number of nitrogens with one attached hydrogen (secondary N) is 2. The van der Waals surface area contributed by atoms with Crippen LogP contribution < -0.4 is 10.6 Å². The van der Waals surface area contributed by atoms with Crippen molar-refractivity contribution in [2.24, 2.45) is 11.8 Å². The molecule has 2 N–H and O–H groups in total. The topological polar surface area (TPSA) is 50.4 Å². The van der Waals surface area contributed by atoms with Crippen molar-refractivity contribution in [2.75, 3.05) is 26.8 Å². The quantitative estimate of drug-likeness (QED) is 0.639. The summed E-state index contributed by atoms with van der Waals surface area (Å²) in [7, 11) is 1.68. The third-order valence-electron chi connectivity index (χ3n) is 4.27. The van der Waals surface area contributed by atoms with E-state index >= 15 is 0 Å². The predicted molar refractivity (Wildman–Crippen MR) is 82.7 cm³/mol. The normalized spacial score (nSPS) is 24.4. The van der Waals surface area contributed by atoms with Gasteiger partial charge in [0.15, 0.2) is 0 Å². The molecule has 1 amide bonds. The number of hydrogen-bond acceptors (Lipinski definition) is 3. The number of amides is 1. The lowest BCUT2D eigenvalue weighted by Crippen LogP contribution is -2.43. The minimum absolute atomic E-state index is 0.0955. The van der Waals surface area contributed by atoms with Crippen LogP contribution in [0, 0.1) is 11.8 Å². The molecule has 0 heterocycles. The molecule has 20 heavy (non-hydrogen) atoms. The van der Waals surface area contributed by atoms with E-state index in [1.165, 1.54) is 32.1 Å². The summed E-state index contributed by atoms with van der Waals surface area (Å²) in [6, 6.07) is -0.0986. The molecule has 0 aromatic carbocycles. The van der Waals surface area contributed by atoms with E-state index in [1.807, 2.05) is 6.92 Å². The zero-order valence-corrected chi connectivity index (χ0v) is 13.4. The smallest absolute Gasteiger partial charge is 0.236 e. The van der Waals surface area contributed by atoms with Gasteiger partial charge in [-0.05, 0) is 44.6 Å². The van der Waals surface area contributed by atoms with Crippen molar-refractivity contribution in [2.45, 2.75) is 58.4 Å². The van der Waals surface area contributed by atoms with Gasteiger partial charge in [0.05, 0.1) is 6.04 Å². The molecule has 3 atom stereocenters. The summed E-state index contributed by atoms with van der Waals surface area (Å²) in [5, 5.41) is 6.27. The van der Waals surface area contributed by atoms with Crippen molar-refractivity contribution in [1.29, 1.82) is 0 Å². The third kappa shape index (κ3) is 7.25. The minimum Gasteiger partial charge on any atom is -0.385 e. The van der Waals surface area contributed by atoms with E-state index in [1.54, 1.807) is 7.11 Å². The lowest BCUT2D eigenvalue weighted by molar-refractivity contribution is -0.122. The van der Waals surface area contributed by atoms with Crippen molar-refractivity contribution in [3.05, 3.63) is 0 Å². The van der Waals surface area contributed by atoms with Gasteiger partial charge in [-0.1, -0.05) is 26.2 Å². The fourth-order valence-electron chi connectivity index (χ4n) is 3.00. The van der Waals surface area contributed by atoms with Crippen LogP contribution in [0.15, 0.2) is 0 Å². The Morgan fingerprint density at radius 2 is 2.15 bits per heavy atom. The molecule has 118 valence electrons. The molecule has 0 aliphatic heterocycles. The molecular formula is C16H32N2O2. The molecule has 0 radical (unpaired) electrons. The molecule has 1 rings (SSSR count). The van der Waals surface area contributed by atoms with Crippen LogP contribution in [0.3, 0.4) is 0 Å². The number of carbonyl (C=O) groups is 1. The Bertz CT molecular complexity index is 271. The number of ether oxygens (including phenoxy) is 1. The SMILES string of the molecule is COCCCNC(=O)C(C)NCCC1CCCC(C)C1. The Kier molecular flexibility index (Phi) is 8.86. The van der Waals surface area contributed by atoms with Crippen LogP contribution in [0.4, 0.5) is 0 Å². The van der Waals surface area contributed by atoms with Gasteiger partial charge in [0.1, 0.15) is 0 Å². The molecule has 4 heteroatoms. The third-order valence-corrected chi connectivity index (χ3v) is 4.27. The van der Waals surface area contributed by atoms with E-state index in [0.29, 0.717) is 13.2 Å². The van der Waals surface area contributed by atoms with Gasteiger partial charge in [-0.3, -0.25) is 4.79 Å². The van der Waals surface area contributed by atoms with E-state index in [2.05, 4.69) is 17.6 Å². The molecular weight excluding hydrogens is 252 g/mol. The van der Waals surface area contributed by atoms with E-state index in [4.69, 9.17) is 4.74 Å². The van der Waals surface area contributed by atoms with E-state index in [9.17, 15) is 4.79 Å². The Morgan fingerprint density at radius 3 is 2.85 bits per heavy atom. The zero-order chi connectivity index (χ0) is 14.8. The van der Waals surface area contributed by atoms with Crippen LogP contribution in [0.25, 0.3) is 0 Å². The summed E-state index contributed by atoms with van der Waals surface area (Å²) in [5.41, 5.74) is 0. The maximum Gasteiger partial charge on any atom is 0.236 e. The first-order valence-corrected chi connectivity index (χ1v) is 8.13. The highest BCUT2D eigenvalue weighted by Gasteiger charge is 2.19. The minimum atomic E-state index is -0.0986. The Labute approximate surface area is 124 Å². The number of methoxy groups -OCH3 is 1.